The maximum absolute atomic E-state index is 12.3. The summed E-state index contributed by atoms with van der Waals surface area (Å²) in [6, 6.07) is 2.58. The Bertz CT molecular complexity index is 386. The van der Waals surface area contributed by atoms with Crippen molar-refractivity contribution in [2.24, 2.45) is 5.92 Å². The second-order valence-electron chi connectivity index (χ2n) is 4.85. The molecule has 5 heteroatoms. The van der Waals surface area contributed by atoms with E-state index in [2.05, 4.69) is 16.8 Å². The molecule has 0 spiro atoms. The summed E-state index contributed by atoms with van der Waals surface area (Å²) >= 11 is 0. The Hall–Kier alpha value is -1.10. The normalized spacial score (nSPS) is 21.4. The second kappa shape index (κ2) is 5.26. The zero-order valence-electron chi connectivity index (χ0n) is 10.4. The molecule has 1 aromatic rings. The lowest BCUT2D eigenvalue weighted by Gasteiger charge is -2.15. The van der Waals surface area contributed by atoms with E-state index in [1.165, 1.54) is 25.1 Å². The Kier molecular flexibility index (Phi) is 3.90. The molecule has 100 valence electrons. The molecule has 0 radical (unpaired) electrons. The molecule has 1 aliphatic rings. The van der Waals surface area contributed by atoms with E-state index in [0.717, 1.165) is 30.6 Å². The monoisotopic (exact) mass is 258 g/mol. The standard InChI is InChI=1S/C13H17F3N2/c1-2-10-5-6-18(8-10)9-11-3-4-12(17-7-11)13(14,15)16/h3-4,7,10H,2,5-6,8-9H2,1H3/t10-/m1/s1. The summed E-state index contributed by atoms with van der Waals surface area (Å²) in [6.07, 6.45) is -0.659. The number of alkyl halides is 3. The number of pyridine rings is 1. The average Bonchev–Trinajstić information content (AvgIpc) is 2.76. The summed E-state index contributed by atoms with van der Waals surface area (Å²) < 4.78 is 37.0. The van der Waals surface area contributed by atoms with Gasteiger partial charge in [-0.05, 0) is 30.5 Å². The largest absolute Gasteiger partial charge is 0.433 e. The van der Waals surface area contributed by atoms with Crippen LogP contribution in [-0.4, -0.2) is 23.0 Å². The van der Waals surface area contributed by atoms with Crippen LogP contribution in [0.15, 0.2) is 18.3 Å². The molecule has 0 amide bonds. The van der Waals surface area contributed by atoms with Crippen molar-refractivity contribution >= 4 is 0 Å². The highest BCUT2D eigenvalue weighted by Gasteiger charge is 2.32. The first-order valence-electron chi connectivity index (χ1n) is 6.23. The molecule has 2 rings (SSSR count). The quantitative estimate of drug-likeness (QED) is 0.826. The second-order valence-corrected chi connectivity index (χ2v) is 4.85. The first-order chi connectivity index (χ1) is 8.49. The minimum absolute atomic E-state index is 0.696. The summed E-state index contributed by atoms with van der Waals surface area (Å²) in [5.74, 6) is 0.729. The van der Waals surface area contributed by atoms with Crippen LogP contribution in [0, 0.1) is 5.92 Å². The van der Waals surface area contributed by atoms with Gasteiger partial charge in [0.1, 0.15) is 5.69 Å². The van der Waals surface area contributed by atoms with Crippen LogP contribution in [0.25, 0.3) is 0 Å². The molecule has 1 aromatic heterocycles. The number of likely N-dealkylation sites (tertiary alicyclic amines) is 1. The number of aromatic nitrogens is 1. The Balaban J connectivity index is 1.95. The van der Waals surface area contributed by atoms with Gasteiger partial charge in [0.2, 0.25) is 0 Å². The van der Waals surface area contributed by atoms with Crippen molar-refractivity contribution < 1.29 is 13.2 Å². The molecule has 1 atom stereocenters. The zero-order chi connectivity index (χ0) is 13.2. The van der Waals surface area contributed by atoms with E-state index in [1.54, 1.807) is 0 Å². The lowest BCUT2D eigenvalue weighted by atomic mass is 10.1. The maximum atomic E-state index is 12.3. The first kappa shape index (κ1) is 13.3. The van der Waals surface area contributed by atoms with Gasteiger partial charge in [0.25, 0.3) is 0 Å². The minimum atomic E-state index is -4.35. The van der Waals surface area contributed by atoms with Crippen molar-refractivity contribution in [3.05, 3.63) is 29.6 Å². The van der Waals surface area contributed by atoms with Gasteiger partial charge in [-0.3, -0.25) is 9.88 Å². The van der Waals surface area contributed by atoms with Crippen molar-refractivity contribution in [1.29, 1.82) is 0 Å². The summed E-state index contributed by atoms with van der Waals surface area (Å²) in [5, 5.41) is 0. The third-order valence-corrected chi connectivity index (χ3v) is 3.47. The van der Waals surface area contributed by atoms with Crippen LogP contribution < -0.4 is 0 Å². The maximum Gasteiger partial charge on any atom is 0.433 e. The lowest BCUT2D eigenvalue weighted by Crippen LogP contribution is -2.20. The van der Waals surface area contributed by atoms with E-state index in [1.807, 2.05) is 0 Å². The third-order valence-electron chi connectivity index (χ3n) is 3.47. The van der Waals surface area contributed by atoms with Gasteiger partial charge < -0.3 is 0 Å². The number of hydrogen-bond donors (Lipinski definition) is 0. The van der Waals surface area contributed by atoms with Crippen LogP contribution in [0.4, 0.5) is 13.2 Å². The van der Waals surface area contributed by atoms with E-state index < -0.39 is 11.9 Å². The summed E-state index contributed by atoms with van der Waals surface area (Å²) in [4.78, 5) is 5.76. The molecule has 0 N–H and O–H groups in total. The van der Waals surface area contributed by atoms with Crippen LogP contribution in [-0.2, 0) is 12.7 Å². The van der Waals surface area contributed by atoms with Crippen molar-refractivity contribution in [3.8, 4) is 0 Å². The fourth-order valence-corrected chi connectivity index (χ4v) is 2.33. The first-order valence-corrected chi connectivity index (χ1v) is 6.23. The Morgan fingerprint density at radius 3 is 2.67 bits per heavy atom. The van der Waals surface area contributed by atoms with Crippen molar-refractivity contribution in [1.82, 2.24) is 9.88 Å². The van der Waals surface area contributed by atoms with Gasteiger partial charge in [-0.25, -0.2) is 0 Å². The SMILES string of the molecule is CC[C@@H]1CCN(Cc2ccc(C(F)(F)F)nc2)C1. The number of nitrogens with zero attached hydrogens (tertiary/aromatic N) is 2. The molecule has 18 heavy (non-hydrogen) atoms. The smallest absolute Gasteiger partial charge is 0.299 e. The van der Waals surface area contributed by atoms with Crippen molar-refractivity contribution in [2.45, 2.75) is 32.5 Å². The number of hydrogen-bond acceptors (Lipinski definition) is 2. The number of halogens is 3. The summed E-state index contributed by atoms with van der Waals surface area (Å²) in [5.41, 5.74) is 0.0267. The Morgan fingerprint density at radius 2 is 2.17 bits per heavy atom. The molecule has 0 bridgehead atoms. The molecule has 0 aliphatic carbocycles. The van der Waals surface area contributed by atoms with Gasteiger partial charge in [-0.15, -0.1) is 0 Å². The zero-order valence-corrected chi connectivity index (χ0v) is 10.4. The number of rotatable bonds is 3. The predicted octanol–water partition coefficient (Wildman–Crippen LogP) is 3.33. The van der Waals surface area contributed by atoms with Gasteiger partial charge in [0.05, 0.1) is 0 Å². The highest BCUT2D eigenvalue weighted by Crippen LogP contribution is 2.27. The van der Waals surface area contributed by atoms with Crippen LogP contribution in [0.2, 0.25) is 0 Å². The van der Waals surface area contributed by atoms with E-state index >= 15 is 0 Å². The summed E-state index contributed by atoms with van der Waals surface area (Å²) in [6.45, 7) is 4.94. The van der Waals surface area contributed by atoms with Gasteiger partial charge in [-0.1, -0.05) is 19.4 Å². The highest BCUT2D eigenvalue weighted by molar-refractivity contribution is 5.16. The van der Waals surface area contributed by atoms with Gasteiger partial charge >= 0.3 is 6.18 Å². The van der Waals surface area contributed by atoms with Gasteiger partial charge in [0.15, 0.2) is 0 Å². The van der Waals surface area contributed by atoms with Crippen LogP contribution >= 0.6 is 0 Å². The molecule has 0 unspecified atom stereocenters. The highest BCUT2D eigenvalue weighted by atomic mass is 19.4. The Morgan fingerprint density at radius 1 is 1.39 bits per heavy atom. The van der Waals surface area contributed by atoms with Gasteiger partial charge in [-0.2, -0.15) is 13.2 Å². The molecule has 1 saturated heterocycles. The third kappa shape index (κ3) is 3.22. The lowest BCUT2D eigenvalue weighted by molar-refractivity contribution is -0.141. The summed E-state index contributed by atoms with van der Waals surface area (Å²) in [7, 11) is 0. The molecule has 1 aliphatic heterocycles. The molecule has 1 fully saturated rings. The Labute approximate surface area is 105 Å². The topological polar surface area (TPSA) is 16.1 Å². The average molecular weight is 258 g/mol. The minimum Gasteiger partial charge on any atom is -0.299 e. The fraction of sp³-hybridized carbons (Fsp3) is 0.615. The van der Waals surface area contributed by atoms with E-state index in [9.17, 15) is 13.2 Å². The molecule has 0 saturated carbocycles. The van der Waals surface area contributed by atoms with Crippen molar-refractivity contribution in [3.63, 3.8) is 0 Å². The van der Waals surface area contributed by atoms with Crippen LogP contribution in [0.1, 0.15) is 31.0 Å². The fourth-order valence-electron chi connectivity index (χ4n) is 2.33. The molecule has 0 aromatic carbocycles. The van der Waals surface area contributed by atoms with Crippen LogP contribution in [0.5, 0.6) is 0 Å². The molecule has 2 heterocycles. The van der Waals surface area contributed by atoms with Crippen molar-refractivity contribution in [2.75, 3.05) is 13.1 Å². The van der Waals surface area contributed by atoms with E-state index in [0.29, 0.717) is 6.54 Å². The molecule has 2 nitrogen and oxygen atoms in total. The van der Waals surface area contributed by atoms with Gasteiger partial charge in [0, 0.05) is 19.3 Å². The van der Waals surface area contributed by atoms with Crippen LogP contribution in [0.3, 0.4) is 0 Å². The molecular weight excluding hydrogens is 241 g/mol. The van der Waals surface area contributed by atoms with E-state index in [-0.39, 0.29) is 0 Å². The molecular formula is C13H17F3N2. The predicted molar refractivity (Wildman–Crippen MR) is 62.9 cm³/mol. The van der Waals surface area contributed by atoms with E-state index in [4.69, 9.17) is 0 Å².